The highest BCUT2D eigenvalue weighted by molar-refractivity contribution is 8.00. The van der Waals surface area contributed by atoms with E-state index in [1.165, 1.54) is 5.56 Å². The predicted octanol–water partition coefficient (Wildman–Crippen LogP) is 3.79. The first kappa shape index (κ1) is 18.5. The number of amides is 1. The number of methoxy groups -OCH3 is 1. The largest absolute Gasteiger partial charge is 0.497 e. The predicted molar refractivity (Wildman–Crippen MR) is 110 cm³/mol. The molecule has 1 heterocycles. The molecule has 0 spiro atoms. The van der Waals surface area contributed by atoms with Crippen molar-refractivity contribution < 1.29 is 9.53 Å². The number of nitrogens with zero attached hydrogens (tertiary/aromatic N) is 1. The molecule has 136 valence electrons. The van der Waals surface area contributed by atoms with Crippen LogP contribution in [0.25, 0.3) is 0 Å². The Hall–Kier alpha value is -2.25. The van der Waals surface area contributed by atoms with Crippen molar-refractivity contribution in [3.05, 3.63) is 59.2 Å². The highest BCUT2D eigenvalue weighted by Gasteiger charge is 2.33. The number of rotatable bonds is 4. The number of benzene rings is 2. The van der Waals surface area contributed by atoms with Crippen molar-refractivity contribution in [2.24, 2.45) is 0 Å². The fourth-order valence-corrected chi connectivity index (χ4v) is 4.09. The molecule has 26 heavy (non-hydrogen) atoms. The Bertz CT molecular complexity index is 824. The minimum Gasteiger partial charge on any atom is -0.497 e. The minimum absolute atomic E-state index is 0.000552. The topological polar surface area (TPSA) is 53.6 Å². The van der Waals surface area contributed by atoms with Crippen LogP contribution in [0.5, 0.6) is 5.75 Å². The third-order valence-electron chi connectivity index (χ3n) is 4.12. The lowest BCUT2D eigenvalue weighted by molar-refractivity contribution is -0.129. The first-order valence-corrected chi connectivity index (χ1v) is 9.66. The van der Waals surface area contributed by atoms with Gasteiger partial charge in [0.15, 0.2) is 5.11 Å². The molecule has 0 saturated carbocycles. The summed E-state index contributed by atoms with van der Waals surface area (Å²) in [5.41, 5.74) is 7.28. The standard InChI is InChI=1S/C19H21N3O2S2/c1-12-4-9-16(13(2)10-12)20-19(25)21-22-17(23)11-26-18(22)14-5-7-15(24-3)8-6-14/h4-10,18H,11H2,1-3H3,(H2,20,21,25). The molecule has 1 aliphatic heterocycles. The molecule has 0 aromatic heterocycles. The number of thioether (sulfide) groups is 1. The van der Waals surface area contributed by atoms with Gasteiger partial charge in [0.25, 0.3) is 5.91 Å². The summed E-state index contributed by atoms with van der Waals surface area (Å²) in [6.07, 6.45) is 0. The van der Waals surface area contributed by atoms with E-state index in [1.54, 1.807) is 23.9 Å². The van der Waals surface area contributed by atoms with E-state index in [1.807, 2.05) is 50.2 Å². The summed E-state index contributed by atoms with van der Waals surface area (Å²) in [7, 11) is 1.63. The molecule has 2 aromatic carbocycles. The Labute approximate surface area is 163 Å². The Morgan fingerprint density at radius 3 is 2.62 bits per heavy atom. The van der Waals surface area contributed by atoms with Crippen molar-refractivity contribution in [3.63, 3.8) is 0 Å². The number of carbonyl (C=O) groups is 1. The summed E-state index contributed by atoms with van der Waals surface area (Å²) in [5.74, 6) is 1.20. The van der Waals surface area contributed by atoms with E-state index < -0.39 is 0 Å². The third-order valence-corrected chi connectivity index (χ3v) is 5.53. The van der Waals surface area contributed by atoms with Crippen molar-refractivity contribution in [1.82, 2.24) is 10.4 Å². The highest BCUT2D eigenvalue weighted by Crippen LogP contribution is 2.37. The SMILES string of the molecule is COc1ccc(C2SCC(=O)N2NC(=S)Nc2ccc(C)cc2C)cc1. The molecule has 1 amide bonds. The number of ether oxygens (including phenoxy) is 1. The summed E-state index contributed by atoms with van der Waals surface area (Å²) >= 11 is 6.98. The molecule has 7 heteroatoms. The second-order valence-corrected chi connectivity index (χ2v) is 7.56. The van der Waals surface area contributed by atoms with Gasteiger partial charge in [-0.25, -0.2) is 5.01 Å². The third kappa shape index (κ3) is 4.11. The zero-order valence-electron chi connectivity index (χ0n) is 14.9. The van der Waals surface area contributed by atoms with E-state index in [-0.39, 0.29) is 11.3 Å². The first-order chi connectivity index (χ1) is 12.5. The number of thiocarbonyl (C=S) groups is 1. The van der Waals surface area contributed by atoms with E-state index in [0.29, 0.717) is 10.9 Å². The number of hydrogen-bond donors (Lipinski definition) is 2. The monoisotopic (exact) mass is 387 g/mol. The van der Waals surface area contributed by atoms with Crippen LogP contribution in [0.2, 0.25) is 0 Å². The number of carbonyl (C=O) groups excluding carboxylic acids is 1. The van der Waals surface area contributed by atoms with Gasteiger partial charge in [-0.15, -0.1) is 11.8 Å². The Morgan fingerprint density at radius 1 is 1.23 bits per heavy atom. The van der Waals surface area contributed by atoms with Gasteiger partial charge in [0, 0.05) is 5.69 Å². The summed E-state index contributed by atoms with van der Waals surface area (Å²) in [6, 6.07) is 13.8. The lowest BCUT2D eigenvalue weighted by Crippen LogP contribution is -2.46. The van der Waals surface area contributed by atoms with Crippen LogP contribution in [-0.2, 0) is 4.79 Å². The van der Waals surface area contributed by atoms with E-state index in [4.69, 9.17) is 17.0 Å². The Kier molecular flexibility index (Phi) is 5.68. The molecular formula is C19H21N3O2S2. The van der Waals surface area contributed by atoms with E-state index in [2.05, 4.69) is 16.8 Å². The van der Waals surface area contributed by atoms with Gasteiger partial charge in [-0.3, -0.25) is 10.2 Å². The van der Waals surface area contributed by atoms with Gasteiger partial charge >= 0.3 is 0 Å². The molecule has 2 N–H and O–H groups in total. The zero-order valence-corrected chi connectivity index (χ0v) is 16.5. The molecule has 5 nitrogen and oxygen atoms in total. The van der Waals surface area contributed by atoms with Gasteiger partial charge in [-0.2, -0.15) is 0 Å². The summed E-state index contributed by atoms with van der Waals surface area (Å²) in [6.45, 7) is 4.07. The summed E-state index contributed by atoms with van der Waals surface area (Å²) in [4.78, 5) is 12.3. The van der Waals surface area contributed by atoms with Crippen molar-refractivity contribution >= 4 is 40.7 Å². The zero-order chi connectivity index (χ0) is 18.7. The smallest absolute Gasteiger partial charge is 0.252 e. The second kappa shape index (κ2) is 7.97. The van der Waals surface area contributed by atoms with Crippen LogP contribution in [-0.4, -0.2) is 28.9 Å². The Morgan fingerprint density at radius 2 is 1.96 bits per heavy atom. The maximum Gasteiger partial charge on any atom is 0.252 e. The van der Waals surface area contributed by atoms with Crippen molar-refractivity contribution in [3.8, 4) is 5.75 Å². The van der Waals surface area contributed by atoms with Gasteiger partial charge < -0.3 is 10.1 Å². The van der Waals surface area contributed by atoms with Gasteiger partial charge in [0.2, 0.25) is 0 Å². The lowest BCUT2D eigenvalue weighted by Gasteiger charge is -2.26. The quantitative estimate of drug-likeness (QED) is 0.779. The average molecular weight is 388 g/mol. The normalized spacial score (nSPS) is 16.5. The van der Waals surface area contributed by atoms with Crippen molar-refractivity contribution in [1.29, 1.82) is 0 Å². The fourth-order valence-electron chi connectivity index (χ4n) is 2.77. The van der Waals surface area contributed by atoms with Gasteiger partial charge in [-0.1, -0.05) is 29.8 Å². The summed E-state index contributed by atoms with van der Waals surface area (Å²) in [5, 5.41) is 5.02. The number of aryl methyl sites for hydroxylation is 2. The molecule has 0 bridgehead atoms. The fraction of sp³-hybridized carbons (Fsp3) is 0.263. The Balaban J connectivity index is 1.71. The van der Waals surface area contributed by atoms with Crippen LogP contribution < -0.4 is 15.5 Å². The number of anilines is 1. The van der Waals surface area contributed by atoms with E-state index >= 15 is 0 Å². The van der Waals surface area contributed by atoms with Gasteiger partial charge in [0.05, 0.1) is 12.9 Å². The van der Waals surface area contributed by atoms with Crippen molar-refractivity contribution in [2.75, 3.05) is 18.2 Å². The number of hydrazine groups is 1. The molecule has 0 radical (unpaired) electrons. The molecule has 0 aliphatic carbocycles. The van der Waals surface area contributed by atoms with Crippen LogP contribution in [0.4, 0.5) is 5.69 Å². The van der Waals surface area contributed by atoms with Crippen LogP contribution >= 0.6 is 24.0 Å². The first-order valence-electron chi connectivity index (χ1n) is 8.20. The molecule has 1 fully saturated rings. The summed E-state index contributed by atoms with van der Waals surface area (Å²) < 4.78 is 5.20. The number of nitrogens with one attached hydrogen (secondary N) is 2. The molecule has 3 rings (SSSR count). The van der Waals surface area contributed by atoms with Gasteiger partial charge in [0.1, 0.15) is 11.1 Å². The second-order valence-electron chi connectivity index (χ2n) is 6.08. The van der Waals surface area contributed by atoms with Crippen LogP contribution in [0, 0.1) is 13.8 Å². The average Bonchev–Trinajstić information content (AvgIpc) is 2.98. The minimum atomic E-state index is -0.132. The number of hydrogen-bond acceptors (Lipinski definition) is 4. The van der Waals surface area contributed by atoms with E-state index in [9.17, 15) is 4.79 Å². The maximum absolute atomic E-state index is 12.3. The molecule has 1 atom stereocenters. The highest BCUT2D eigenvalue weighted by atomic mass is 32.2. The van der Waals surface area contributed by atoms with Gasteiger partial charge in [-0.05, 0) is 55.4 Å². The van der Waals surface area contributed by atoms with Crippen LogP contribution in [0.15, 0.2) is 42.5 Å². The molecule has 2 aromatic rings. The van der Waals surface area contributed by atoms with Crippen molar-refractivity contribution in [2.45, 2.75) is 19.2 Å². The molecule has 1 aliphatic rings. The maximum atomic E-state index is 12.3. The molecular weight excluding hydrogens is 366 g/mol. The van der Waals surface area contributed by atoms with Crippen LogP contribution in [0.3, 0.4) is 0 Å². The lowest BCUT2D eigenvalue weighted by atomic mass is 10.1. The molecule has 1 saturated heterocycles. The van der Waals surface area contributed by atoms with E-state index in [0.717, 1.165) is 22.6 Å². The van der Waals surface area contributed by atoms with Crippen LogP contribution in [0.1, 0.15) is 22.1 Å². The molecule has 1 unspecified atom stereocenters.